The minimum Gasteiger partial charge on any atom is -0.478 e. The Hall–Kier alpha value is -3.02. The van der Waals surface area contributed by atoms with Gasteiger partial charge in [0.1, 0.15) is 11.4 Å². The van der Waals surface area contributed by atoms with Crippen LogP contribution in [0.5, 0.6) is 0 Å². The van der Waals surface area contributed by atoms with Gasteiger partial charge in [-0.1, -0.05) is 51.1 Å². The molecule has 0 saturated heterocycles. The molecule has 1 heterocycles. The van der Waals surface area contributed by atoms with Crippen LogP contribution in [0.3, 0.4) is 0 Å². The van der Waals surface area contributed by atoms with Gasteiger partial charge in [0.25, 0.3) is 0 Å². The van der Waals surface area contributed by atoms with Crippen LogP contribution in [0.4, 0.5) is 0 Å². The van der Waals surface area contributed by atoms with Crippen LogP contribution in [0.1, 0.15) is 73.5 Å². The molecule has 1 aromatic carbocycles. The Bertz CT molecular complexity index is 957. The lowest BCUT2D eigenvalue weighted by atomic mass is 9.67. The zero-order chi connectivity index (χ0) is 20.5. The Morgan fingerprint density at radius 2 is 1.68 bits per heavy atom. The molecular formula is C22H25N3O3. The van der Waals surface area contributed by atoms with Gasteiger partial charge in [-0.2, -0.15) is 0 Å². The third-order valence-electron chi connectivity index (χ3n) is 5.39. The lowest BCUT2D eigenvalue weighted by molar-refractivity contribution is 0.0697. The van der Waals surface area contributed by atoms with Gasteiger partial charge in [-0.25, -0.2) is 9.78 Å². The predicted molar refractivity (Wildman–Crippen MR) is 108 cm³/mol. The van der Waals surface area contributed by atoms with E-state index >= 15 is 0 Å². The summed E-state index contributed by atoms with van der Waals surface area (Å²) >= 11 is 0. The number of nitrogens with zero attached hydrogens (tertiary/aromatic N) is 3. The highest BCUT2D eigenvalue weighted by Crippen LogP contribution is 2.43. The third kappa shape index (κ3) is 3.81. The number of aromatic carboxylic acids is 1. The molecule has 0 radical (unpaired) electrons. The van der Waals surface area contributed by atoms with Crippen LogP contribution in [0, 0.1) is 0 Å². The molecule has 0 spiro atoms. The quantitative estimate of drug-likeness (QED) is 0.466. The van der Waals surface area contributed by atoms with Gasteiger partial charge in [0.05, 0.1) is 23.1 Å². The largest absolute Gasteiger partial charge is 0.478 e. The molecule has 0 aliphatic heterocycles. The van der Waals surface area contributed by atoms with E-state index in [1.165, 1.54) is 12.1 Å². The second kappa shape index (κ2) is 7.19. The molecule has 0 bridgehead atoms. The Morgan fingerprint density at radius 1 is 1.07 bits per heavy atom. The van der Waals surface area contributed by atoms with Crippen LogP contribution < -0.4 is 0 Å². The first-order valence-corrected chi connectivity index (χ1v) is 9.26. The van der Waals surface area contributed by atoms with Crippen molar-refractivity contribution >= 4 is 17.8 Å². The number of rotatable bonds is 4. The lowest BCUT2D eigenvalue weighted by Crippen LogP contribution is -2.36. The van der Waals surface area contributed by atoms with Crippen LogP contribution in [-0.2, 0) is 10.8 Å². The summed E-state index contributed by atoms with van der Waals surface area (Å²) in [5, 5.41) is 21.9. The molecule has 0 saturated carbocycles. The monoisotopic (exact) mass is 379 g/mol. The highest BCUT2D eigenvalue weighted by atomic mass is 16.4. The maximum absolute atomic E-state index is 10.9. The van der Waals surface area contributed by atoms with Crippen LogP contribution >= 0.6 is 0 Å². The minimum absolute atomic E-state index is 0.0331. The standard InChI is InChI=1S/C22H25N3O3/c1-21(2)11-12-22(3,4)19-18(21)23-13-17(24-19)16(25-28)10-7-14-5-8-15(9-6-14)20(26)27/h5-10,13,28H,11-12H2,1-4H3,(H,26,27)/b10-7+,25-16+. The average molecular weight is 379 g/mol. The summed E-state index contributed by atoms with van der Waals surface area (Å²) in [6.45, 7) is 8.68. The minimum atomic E-state index is -0.969. The molecule has 6 heteroatoms. The van der Waals surface area contributed by atoms with Gasteiger partial charge in [0.15, 0.2) is 0 Å². The number of carboxylic acid groups (broad SMARTS) is 1. The normalized spacial score (nSPS) is 18.1. The average Bonchev–Trinajstić information content (AvgIpc) is 2.66. The summed E-state index contributed by atoms with van der Waals surface area (Å²) in [6.07, 6.45) is 7.11. The van der Waals surface area contributed by atoms with Crippen LogP contribution in [0.2, 0.25) is 0 Å². The predicted octanol–water partition coefficient (Wildman–Crippen LogP) is 4.42. The van der Waals surface area contributed by atoms with Crippen molar-refractivity contribution in [3.8, 4) is 0 Å². The zero-order valence-corrected chi connectivity index (χ0v) is 16.6. The van der Waals surface area contributed by atoms with Gasteiger partial charge in [-0.15, -0.1) is 0 Å². The van der Waals surface area contributed by atoms with E-state index in [4.69, 9.17) is 10.1 Å². The van der Waals surface area contributed by atoms with Gasteiger partial charge < -0.3 is 10.3 Å². The van der Waals surface area contributed by atoms with Gasteiger partial charge in [-0.05, 0) is 36.6 Å². The van der Waals surface area contributed by atoms with E-state index in [1.54, 1.807) is 30.5 Å². The molecule has 3 rings (SSSR count). The number of fused-ring (bicyclic) bond motifs is 1. The third-order valence-corrected chi connectivity index (χ3v) is 5.39. The van der Waals surface area contributed by atoms with Crippen molar-refractivity contribution in [2.24, 2.45) is 5.16 Å². The fourth-order valence-electron chi connectivity index (χ4n) is 3.42. The summed E-state index contributed by atoms with van der Waals surface area (Å²) in [6, 6.07) is 6.44. The van der Waals surface area contributed by atoms with Crippen LogP contribution in [0.15, 0.2) is 41.7 Å². The van der Waals surface area contributed by atoms with Crippen LogP contribution in [0.25, 0.3) is 6.08 Å². The Kier molecular flexibility index (Phi) is 5.06. The van der Waals surface area contributed by atoms with Gasteiger partial charge in [-0.3, -0.25) is 4.98 Å². The van der Waals surface area contributed by atoms with E-state index in [9.17, 15) is 10.0 Å². The molecule has 0 unspecified atom stereocenters. The molecule has 1 aromatic heterocycles. The molecule has 2 N–H and O–H groups in total. The first-order chi connectivity index (χ1) is 13.1. The molecule has 146 valence electrons. The number of allylic oxidation sites excluding steroid dienone is 1. The second-order valence-corrected chi connectivity index (χ2v) is 8.47. The summed E-state index contributed by atoms with van der Waals surface area (Å²) in [5.74, 6) is -0.969. The van der Waals surface area contributed by atoms with E-state index in [0.29, 0.717) is 11.4 Å². The first-order valence-electron chi connectivity index (χ1n) is 9.26. The summed E-state index contributed by atoms with van der Waals surface area (Å²) < 4.78 is 0. The van der Waals surface area contributed by atoms with Crippen molar-refractivity contribution in [3.05, 3.63) is 64.7 Å². The smallest absolute Gasteiger partial charge is 0.335 e. The van der Waals surface area contributed by atoms with Crippen LogP contribution in [-0.4, -0.2) is 32.0 Å². The van der Waals surface area contributed by atoms with E-state index in [-0.39, 0.29) is 16.4 Å². The maximum Gasteiger partial charge on any atom is 0.335 e. The van der Waals surface area contributed by atoms with Gasteiger partial charge >= 0.3 is 5.97 Å². The summed E-state index contributed by atoms with van der Waals surface area (Å²) in [4.78, 5) is 20.4. The SMILES string of the molecule is CC1(C)CCC(C)(C)c2nc(C(/C=C/c3ccc(C(=O)O)cc3)=N/O)cnc21. The number of carboxylic acids is 1. The molecule has 0 amide bonds. The van der Waals surface area contributed by atoms with Crippen molar-refractivity contribution in [3.63, 3.8) is 0 Å². The Balaban J connectivity index is 1.92. The fourth-order valence-corrected chi connectivity index (χ4v) is 3.42. The number of oxime groups is 1. The molecule has 1 aliphatic carbocycles. The van der Waals surface area contributed by atoms with Gasteiger partial charge in [0.2, 0.25) is 0 Å². The number of hydrogen-bond donors (Lipinski definition) is 2. The second-order valence-electron chi connectivity index (χ2n) is 8.47. The molecule has 6 nitrogen and oxygen atoms in total. The van der Waals surface area contributed by atoms with Gasteiger partial charge in [0, 0.05) is 10.8 Å². The number of aromatic nitrogens is 2. The van der Waals surface area contributed by atoms with E-state index < -0.39 is 5.97 Å². The summed E-state index contributed by atoms with van der Waals surface area (Å²) in [7, 11) is 0. The molecule has 0 atom stereocenters. The highest BCUT2D eigenvalue weighted by Gasteiger charge is 2.39. The molecular weight excluding hydrogens is 354 g/mol. The fraction of sp³-hybridized carbons (Fsp3) is 0.364. The number of benzene rings is 1. The highest BCUT2D eigenvalue weighted by molar-refractivity contribution is 6.09. The Labute approximate surface area is 164 Å². The lowest BCUT2D eigenvalue weighted by Gasteiger charge is -2.39. The molecule has 28 heavy (non-hydrogen) atoms. The van der Waals surface area contributed by atoms with Crippen molar-refractivity contribution < 1.29 is 15.1 Å². The maximum atomic E-state index is 10.9. The van der Waals surface area contributed by atoms with Crippen molar-refractivity contribution in [1.82, 2.24) is 9.97 Å². The van der Waals surface area contributed by atoms with Crippen molar-refractivity contribution in [2.45, 2.75) is 51.4 Å². The molecule has 0 fully saturated rings. The van der Waals surface area contributed by atoms with Crippen molar-refractivity contribution in [2.75, 3.05) is 0 Å². The van der Waals surface area contributed by atoms with E-state index in [0.717, 1.165) is 29.8 Å². The van der Waals surface area contributed by atoms with E-state index in [2.05, 4.69) is 37.8 Å². The molecule has 2 aromatic rings. The zero-order valence-electron chi connectivity index (χ0n) is 16.6. The number of hydrogen-bond acceptors (Lipinski definition) is 5. The molecule has 1 aliphatic rings. The first kappa shape index (κ1) is 19.7. The van der Waals surface area contributed by atoms with E-state index in [1.807, 2.05) is 0 Å². The summed E-state index contributed by atoms with van der Waals surface area (Å²) in [5.41, 5.74) is 3.64. The Morgan fingerprint density at radius 3 is 2.25 bits per heavy atom. The topological polar surface area (TPSA) is 95.7 Å². The number of carbonyl (C=O) groups is 1. The van der Waals surface area contributed by atoms with Crippen molar-refractivity contribution in [1.29, 1.82) is 0 Å².